The Hall–Kier alpha value is -1.36. The molecule has 2 heterocycles. The van der Waals surface area contributed by atoms with Crippen LogP contribution < -0.4 is 9.64 Å². The third kappa shape index (κ3) is 1.73. The second kappa shape index (κ2) is 4.39. The topological polar surface area (TPSA) is 58.5 Å². The van der Waals surface area contributed by atoms with Crippen LogP contribution in [0, 0.1) is 11.3 Å². The predicted molar refractivity (Wildman–Crippen MR) is 67.7 cm³/mol. The smallest absolute Gasteiger partial charge is 0.228 e. The molecule has 5 heteroatoms. The Labute approximate surface area is 107 Å². The normalized spacial score (nSPS) is 30.6. The predicted octanol–water partition coefficient (Wildman–Crippen LogP) is 1.08. The van der Waals surface area contributed by atoms with E-state index in [1.54, 1.807) is 19.4 Å². The molecule has 1 saturated carbocycles. The van der Waals surface area contributed by atoms with E-state index in [1.807, 2.05) is 0 Å². The van der Waals surface area contributed by atoms with Gasteiger partial charge in [-0.05, 0) is 18.8 Å². The van der Waals surface area contributed by atoms with Crippen LogP contribution in [0.1, 0.15) is 19.3 Å². The van der Waals surface area contributed by atoms with Crippen molar-refractivity contribution >= 4 is 5.95 Å². The van der Waals surface area contributed by atoms with Gasteiger partial charge in [0.15, 0.2) is 0 Å². The van der Waals surface area contributed by atoms with Crippen molar-refractivity contribution in [3.8, 4) is 5.88 Å². The van der Waals surface area contributed by atoms with Crippen molar-refractivity contribution in [3.63, 3.8) is 0 Å². The van der Waals surface area contributed by atoms with Gasteiger partial charge in [-0.3, -0.25) is 0 Å². The minimum atomic E-state index is 0.0758. The molecule has 2 unspecified atom stereocenters. The fraction of sp³-hybridized carbons (Fsp3) is 0.692. The van der Waals surface area contributed by atoms with Crippen LogP contribution in [-0.2, 0) is 0 Å². The number of aliphatic hydroxyl groups excluding tert-OH is 1. The number of hydrogen-bond donors (Lipinski definition) is 1. The van der Waals surface area contributed by atoms with E-state index in [0.29, 0.717) is 11.8 Å². The Morgan fingerprint density at radius 2 is 2.50 bits per heavy atom. The number of aromatic nitrogens is 2. The van der Waals surface area contributed by atoms with E-state index in [-0.39, 0.29) is 12.0 Å². The Morgan fingerprint density at radius 1 is 1.61 bits per heavy atom. The minimum absolute atomic E-state index is 0.0758. The molecule has 1 aliphatic carbocycles. The van der Waals surface area contributed by atoms with Crippen LogP contribution in [0.25, 0.3) is 0 Å². The number of methoxy groups -OCH3 is 1. The Bertz CT molecular complexity index is 440. The second-order valence-corrected chi connectivity index (χ2v) is 5.39. The van der Waals surface area contributed by atoms with Gasteiger partial charge in [0.25, 0.3) is 0 Å². The summed E-state index contributed by atoms with van der Waals surface area (Å²) in [6, 6.07) is 1.75. The highest BCUT2D eigenvalue weighted by molar-refractivity contribution is 5.36. The van der Waals surface area contributed by atoms with Gasteiger partial charge in [-0.2, -0.15) is 4.98 Å². The van der Waals surface area contributed by atoms with Gasteiger partial charge in [0.2, 0.25) is 11.8 Å². The van der Waals surface area contributed by atoms with E-state index >= 15 is 0 Å². The van der Waals surface area contributed by atoms with Gasteiger partial charge in [0.1, 0.15) is 0 Å². The van der Waals surface area contributed by atoms with E-state index in [1.165, 1.54) is 12.8 Å². The van der Waals surface area contributed by atoms with Crippen LogP contribution in [0.4, 0.5) is 5.95 Å². The van der Waals surface area contributed by atoms with Crippen LogP contribution in [0.5, 0.6) is 5.88 Å². The lowest BCUT2D eigenvalue weighted by Gasteiger charge is -2.25. The zero-order chi connectivity index (χ0) is 12.6. The molecular weight excluding hydrogens is 230 g/mol. The van der Waals surface area contributed by atoms with Crippen molar-refractivity contribution in [3.05, 3.63) is 12.3 Å². The van der Waals surface area contributed by atoms with E-state index < -0.39 is 0 Å². The van der Waals surface area contributed by atoms with Crippen LogP contribution in [-0.4, -0.2) is 41.9 Å². The largest absolute Gasteiger partial charge is 0.481 e. The third-order valence-corrected chi connectivity index (χ3v) is 4.46. The molecular formula is C13H19N3O2. The number of fused-ring (bicyclic) bond motifs is 1. The molecule has 5 nitrogen and oxygen atoms in total. The lowest BCUT2D eigenvalue weighted by molar-refractivity contribution is 0.121. The molecule has 2 atom stereocenters. The summed E-state index contributed by atoms with van der Waals surface area (Å²) < 4.78 is 5.13. The van der Waals surface area contributed by atoms with Gasteiger partial charge in [0, 0.05) is 30.8 Å². The van der Waals surface area contributed by atoms with Gasteiger partial charge in [-0.25, -0.2) is 4.98 Å². The average Bonchev–Trinajstić information content (AvgIpc) is 2.95. The third-order valence-electron chi connectivity index (χ3n) is 4.46. The summed E-state index contributed by atoms with van der Waals surface area (Å²) in [7, 11) is 1.61. The van der Waals surface area contributed by atoms with Crippen molar-refractivity contribution < 1.29 is 9.84 Å². The Balaban J connectivity index is 1.83. The molecule has 18 heavy (non-hydrogen) atoms. The first-order chi connectivity index (χ1) is 8.77. The molecule has 2 aliphatic rings. The molecule has 0 bridgehead atoms. The number of hydrogen-bond acceptors (Lipinski definition) is 5. The van der Waals surface area contributed by atoms with E-state index in [2.05, 4.69) is 14.9 Å². The van der Waals surface area contributed by atoms with Crippen molar-refractivity contribution in [2.45, 2.75) is 19.3 Å². The zero-order valence-corrected chi connectivity index (χ0v) is 10.7. The van der Waals surface area contributed by atoms with Crippen LogP contribution in [0.2, 0.25) is 0 Å². The van der Waals surface area contributed by atoms with Gasteiger partial charge in [-0.1, -0.05) is 6.42 Å². The Morgan fingerprint density at radius 3 is 3.22 bits per heavy atom. The standard InChI is InChI=1S/C13H19N3O2/c1-18-11-4-6-14-12(15-11)16-7-10-3-2-5-13(10,8-16)9-17/h4,6,10,17H,2-3,5,7-9H2,1H3. The maximum atomic E-state index is 9.70. The molecule has 1 aromatic heterocycles. The summed E-state index contributed by atoms with van der Waals surface area (Å²) in [6.07, 6.45) is 5.29. The highest BCUT2D eigenvalue weighted by Gasteiger charge is 2.49. The zero-order valence-electron chi connectivity index (χ0n) is 10.7. The number of aliphatic hydroxyl groups is 1. The lowest BCUT2D eigenvalue weighted by Crippen LogP contribution is -2.31. The molecule has 0 spiro atoms. The Kier molecular flexibility index (Phi) is 2.86. The van der Waals surface area contributed by atoms with Crippen LogP contribution in [0.15, 0.2) is 12.3 Å². The summed E-state index contributed by atoms with van der Waals surface area (Å²) in [5.74, 6) is 1.89. The second-order valence-electron chi connectivity index (χ2n) is 5.39. The van der Waals surface area contributed by atoms with Crippen LogP contribution >= 0.6 is 0 Å². The first-order valence-electron chi connectivity index (χ1n) is 6.50. The summed E-state index contributed by atoms with van der Waals surface area (Å²) in [5, 5.41) is 9.70. The van der Waals surface area contributed by atoms with Crippen molar-refractivity contribution in [2.24, 2.45) is 11.3 Å². The first kappa shape index (κ1) is 11.7. The van der Waals surface area contributed by atoms with Crippen molar-refractivity contribution in [1.82, 2.24) is 9.97 Å². The molecule has 0 aromatic carbocycles. The fourth-order valence-corrected chi connectivity index (χ4v) is 3.42. The molecule has 3 rings (SSSR count). The highest BCUT2D eigenvalue weighted by Crippen LogP contribution is 2.48. The number of nitrogens with zero attached hydrogens (tertiary/aromatic N) is 3. The minimum Gasteiger partial charge on any atom is -0.481 e. The maximum Gasteiger partial charge on any atom is 0.228 e. The van der Waals surface area contributed by atoms with Gasteiger partial charge in [0.05, 0.1) is 13.7 Å². The van der Waals surface area contributed by atoms with Crippen molar-refractivity contribution in [1.29, 1.82) is 0 Å². The number of rotatable bonds is 3. The molecule has 2 fully saturated rings. The SMILES string of the molecule is COc1ccnc(N2CC3CCCC3(CO)C2)n1. The number of ether oxygens (including phenoxy) is 1. The van der Waals surface area contributed by atoms with Gasteiger partial charge >= 0.3 is 0 Å². The summed E-state index contributed by atoms with van der Waals surface area (Å²) >= 11 is 0. The van der Waals surface area contributed by atoms with E-state index in [4.69, 9.17) is 4.74 Å². The molecule has 1 aliphatic heterocycles. The maximum absolute atomic E-state index is 9.70. The highest BCUT2D eigenvalue weighted by atomic mass is 16.5. The van der Waals surface area contributed by atoms with E-state index in [0.717, 1.165) is 25.5 Å². The van der Waals surface area contributed by atoms with Gasteiger partial charge in [-0.15, -0.1) is 0 Å². The summed E-state index contributed by atoms with van der Waals surface area (Å²) in [4.78, 5) is 10.9. The molecule has 0 radical (unpaired) electrons. The summed E-state index contributed by atoms with van der Waals surface area (Å²) in [5.41, 5.74) is 0.0758. The lowest BCUT2D eigenvalue weighted by atomic mass is 9.82. The van der Waals surface area contributed by atoms with Crippen LogP contribution in [0.3, 0.4) is 0 Å². The quantitative estimate of drug-likeness (QED) is 0.868. The monoisotopic (exact) mass is 249 g/mol. The fourth-order valence-electron chi connectivity index (χ4n) is 3.42. The number of anilines is 1. The summed E-state index contributed by atoms with van der Waals surface area (Å²) in [6.45, 7) is 2.09. The van der Waals surface area contributed by atoms with Crippen molar-refractivity contribution in [2.75, 3.05) is 31.7 Å². The average molecular weight is 249 g/mol. The van der Waals surface area contributed by atoms with E-state index in [9.17, 15) is 5.11 Å². The molecule has 1 aromatic rings. The first-order valence-corrected chi connectivity index (χ1v) is 6.50. The molecule has 1 saturated heterocycles. The molecule has 1 N–H and O–H groups in total. The molecule has 0 amide bonds. The van der Waals surface area contributed by atoms with Gasteiger partial charge < -0.3 is 14.7 Å². The molecule has 98 valence electrons.